The number of amides is 1. The first-order valence-electron chi connectivity index (χ1n) is 7.85. The van der Waals surface area contributed by atoms with E-state index in [2.05, 4.69) is 10.4 Å². The van der Waals surface area contributed by atoms with Gasteiger partial charge in [-0.1, -0.05) is 24.3 Å². The molecule has 122 valence electrons. The molecule has 1 amide bonds. The van der Waals surface area contributed by atoms with Gasteiger partial charge in [0, 0.05) is 17.1 Å². The van der Waals surface area contributed by atoms with E-state index in [0.29, 0.717) is 11.4 Å². The van der Waals surface area contributed by atoms with Gasteiger partial charge < -0.3 is 9.73 Å². The Hall–Kier alpha value is -3.60. The molecule has 2 aromatic heterocycles. The van der Waals surface area contributed by atoms with Gasteiger partial charge in [-0.2, -0.15) is 5.10 Å². The van der Waals surface area contributed by atoms with Crippen molar-refractivity contribution in [2.24, 2.45) is 0 Å². The fourth-order valence-corrected chi connectivity index (χ4v) is 2.62. The predicted molar refractivity (Wildman–Crippen MR) is 97.4 cm³/mol. The monoisotopic (exact) mass is 329 g/mol. The van der Waals surface area contributed by atoms with Crippen molar-refractivity contribution in [1.29, 1.82) is 0 Å². The third kappa shape index (κ3) is 3.21. The van der Waals surface area contributed by atoms with Gasteiger partial charge in [0.15, 0.2) is 0 Å². The van der Waals surface area contributed by atoms with Gasteiger partial charge in [0.25, 0.3) is 0 Å². The molecule has 0 unspecified atom stereocenters. The van der Waals surface area contributed by atoms with Gasteiger partial charge in [-0.25, -0.2) is 4.68 Å². The van der Waals surface area contributed by atoms with Gasteiger partial charge in [-0.05, 0) is 42.5 Å². The lowest BCUT2D eigenvalue weighted by molar-refractivity contribution is -0.111. The highest BCUT2D eigenvalue weighted by Crippen LogP contribution is 2.20. The van der Waals surface area contributed by atoms with Gasteiger partial charge in [0.2, 0.25) is 5.91 Å². The quantitative estimate of drug-likeness (QED) is 0.569. The Bertz CT molecular complexity index is 1050. The van der Waals surface area contributed by atoms with E-state index in [0.717, 1.165) is 16.6 Å². The second-order valence-electron chi connectivity index (χ2n) is 5.50. The summed E-state index contributed by atoms with van der Waals surface area (Å²) in [5.41, 5.74) is 2.60. The van der Waals surface area contributed by atoms with Gasteiger partial charge in [0.1, 0.15) is 5.76 Å². The van der Waals surface area contributed by atoms with Crippen LogP contribution in [0.15, 0.2) is 83.6 Å². The van der Waals surface area contributed by atoms with Gasteiger partial charge >= 0.3 is 0 Å². The largest absolute Gasteiger partial charge is 0.465 e. The van der Waals surface area contributed by atoms with E-state index in [1.807, 2.05) is 59.4 Å². The molecule has 0 radical (unpaired) electrons. The highest BCUT2D eigenvalue weighted by atomic mass is 16.3. The zero-order chi connectivity index (χ0) is 17.1. The summed E-state index contributed by atoms with van der Waals surface area (Å²) in [7, 11) is 0. The van der Waals surface area contributed by atoms with Crippen molar-refractivity contribution >= 4 is 28.6 Å². The molecule has 1 N–H and O–H groups in total. The molecule has 2 aromatic carbocycles. The standard InChI is InChI=1S/C20H15N3O2/c24-20(11-10-18-8-4-12-25-18)22-16-6-3-7-17(13-16)23-19-9-2-1-5-15(19)14-21-23/h1-14H,(H,22,24)/b11-10+. The maximum absolute atomic E-state index is 12.1. The Morgan fingerprint density at radius 3 is 2.88 bits per heavy atom. The fraction of sp³-hybridized carbons (Fsp3) is 0. The van der Waals surface area contributed by atoms with Crippen LogP contribution >= 0.6 is 0 Å². The molecular weight excluding hydrogens is 314 g/mol. The Balaban J connectivity index is 1.56. The van der Waals surface area contributed by atoms with Crippen molar-refractivity contribution < 1.29 is 9.21 Å². The normalized spacial score (nSPS) is 11.2. The van der Waals surface area contributed by atoms with Crippen molar-refractivity contribution in [1.82, 2.24) is 9.78 Å². The van der Waals surface area contributed by atoms with Crippen molar-refractivity contribution in [3.63, 3.8) is 0 Å². The molecule has 0 bridgehead atoms. The SMILES string of the molecule is O=C(/C=C/c1ccco1)Nc1cccc(-n2ncc3ccccc32)c1. The molecule has 5 heteroatoms. The predicted octanol–water partition coefficient (Wildman–Crippen LogP) is 4.27. The topological polar surface area (TPSA) is 60.1 Å². The smallest absolute Gasteiger partial charge is 0.248 e. The third-order valence-corrected chi connectivity index (χ3v) is 3.78. The number of hydrogen-bond donors (Lipinski definition) is 1. The zero-order valence-electron chi connectivity index (χ0n) is 13.3. The van der Waals surface area contributed by atoms with Crippen LogP contribution in [-0.2, 0) is 4.79 Å². The molecule has 25 heavy (non-hydrogen) atoms. The first-order valence-corrected chi connectivity index (χ1v) is 7.85. The highest BCUT2D eigenvalue weighted by molar-refractivity contribution is 6.01. The molecule has 0 saturated carbocycles. The minimum Gasteiger partial charge on any atom is -0.465 e. The Morgan fingerprint density at radius 2 is 2.00 bits per heavy atom. The molecule has 0 aliphatic carbocycles. The molecular formula is C20H15N3O2. The first kappa shape index (κ1) is 15.0. The van der Waals surface area contributed by atoms with Gasteiger partial charge in [-0.3, -0.25) is 4.79 Å². The maximum atomic E-state index is 12.1. The summed E-state index contributed by atoms with van der Waals surface area (Å²) in [5, 5.41) is 8.35. The van der Waals surface area contributed by atoms with Crippen LogP contribution in [0, 0.1) is 0 Å². The summed E-state index contributed by atoms with van der Waals surface area (Å²) < 4.78 is 7.02. The molecule has 4 rings (SSSR count). The van der Waals surface area contributed by atoms with Crippen LogP contribution in [0.2, 0.25) is 0 Å². The van der Waals surface area contributed by atoms with Crippen LogP contribution in [0.1, 0.15) is 5.76 Å². The number of nitrogens with zero attached hydrogens (tertiary/aromatic N) is 2. The summed E-state index contributed by atoms with van der Waals surface area (Å²) in [6.45, 7) is 0. The van der Waals surface area contributed by atoms with Crippen molar-refractivity contribution in [3.05, 3.63) is 85.0 Å². The molecule has 0 aliphatic rings. The molecule has 0 aliphatic heterocycles. The van der Waals surface area contributed by atoms with Gasteiger partial charge in [0.05, 0.1) is 23.7 Å². The van der Waals surface area contributed by atoms with Gasteiger partial charge in [-0.15, -0.1) is 0 Å². The minimum atomic E-state index is -0.223. The second-order valence-corrected chi connectivity index (χ2v) is 5.50. The Kier molecular flexibility index (Phi) is 3.88. The Labute approximate surface area is 144 Å². The van der Waals surface area contributed by atoms with Crippen LogP contribution in [0.4, 0.5) is 5.69 Å². The van der Waals surface area contributed by atoms with Crippen LogP contribution in [0.3, 0.4) is 0 Å². The average molecular weight is 329 g/mol. The highest BCUT2D eigenvalue weighted by Gasteiger charge is 2.06. The van der Waals surface area contributed by atoms with Crippen LogP contribution in [0.25, 0.3) is 22.7 Å². The van der Waals surface area contributed by atoms with E-state index in [-0.39, 0.29) is 5.91 Å². The number of aromatic nitrogens is 2. The van der Waals surface area contributed by atoms with Crippen LogP contribution in [-0.4, -0.2) is 15.7 Å². The lowest BCUT2D eigenvalue weighted by Crippen LogP contribution is -2.08. The number of hydrogen-bond acceptors (Lipinski definition) is 3. The molecule has 0 atom stereocenters. The third-order valence-electron chi connectivity index (χ3n) is 3.78. The molecule has 0 spiro atoms. The van der Waals surface area contributed by atoms with Crippen molar-refractivity contribution in [2.45, 2.75) is 0 Å². The fourth-order valence-electron chi connectivity index (χ4n) is 2.62. The van der Waals surface area contributed by atoms with Crippen LogP contribution in [0.5, 0.6) is 0 Å². The van der Waals surface area contributed by atoms with E-state index in [1.165, 1.54) is 6.08 Å². The molecule has 4 aromatic rings. The number of benzene rings is 2. The lowest BCUT2D eigenvalue weighted by Gasteiger charge is -2.07. The number of furan rings is 1. The first-order chi connectivity index (χ1) is 12.3. The summed E-state index contributed by atoms with van der Waals surface area (Å²) in [6.07, 6.45) is 6.46. The number of nitrogens with one attached hydrogen (secondary N) is 1. The van der Waals surface area contributed by atoms with E-state index in [9.17, 15) is 4.79 Å². The average Bonchev–Trinajstić information content (AvgIpc) is 3.30. The number of carbonyl (C=O) groups excluding carboxylic acids is 1. The lowest BCUT2D eigenvalue weighted by atomic mass is 10.2. The van der Waals surface area contributed by atoms with E-state index < -0.39 is 0 Å². The summed E-state index contributed by atoms with van der Waals surface area (Å²) in [6, 6.07) is 19.1. The summed E-state index contributed by atoms with van der Waals surface area (Å²) >= 11 is 0. The number of fused-ring (bicyclic) bond motifs is 1. The number of para-hydroxylation sites is 1. The number of rotatable bonds is 4. The Morgan fingerprint density at radius 1 is 1.08 bits per heavy atom. The van der Waals surface area contributed by atoms with Crippen LogP contribution < -0.4 is 5.32 Å². The summed E-state index contributed by atoms with van der Waals surface area (Å²) in [5.74, 6) is 0.408. The molecule has 0 saturated heterocycles. The zero-order valence-corrected chi connectivity index (χ0v) is 13.3. The number of carbonyl (C=O) groups is 1. The summed E-state index contributed by atoms with van der Waals surface area (Å²) in [4.78, 5) is 12.1. The molecule has 0 fully saturated rings. The van der Waals surface area contributed by atoms with Crippen molar-refractivity contribution in [2.75, 3.05) is 5.32 Å². The molecule has 5 nitrogen and oxygen atoms in total. The minimum absolute atomic E-state index is 0.223. The second kappa shape index (κ2) is 6.49. The van der Waals surface area contributed by atoms with E-state index in [1.54, 1.807) is 24.5 Å². The van der Waals surface area contributed by atoms with E-state index >= 15 is 0 Å². The van der Waals surface area contributed by atoms with E-state index in [4.69, 9.17) is 4.42 Å². The molecule has 2 heterocycles. The number of anilines is 1. The van der Waals surface area contributed by atoms with Crippen molar-refractivity contribution in [3.8, 4) is 5.69 Å². The maximum Gasteiger partial charge on any atom is 0.248 e.